The van der Waals surface area contributed by atoms with Crippen molar-refractivity contribution in [2.45, 2.75) is 0 Å². The number of fused-ring (bicyclic) bond motifs is 9. The Hall–Kier alpha value is -7.83. The van der Waals surface area contributed by atoms with Crippen LogP contribution in [-0.2, 0) is 0 Å². The van der Waals surface area contributed by atoms with Gasteiger partial charge in [0.2, 0.25) is 0 Å². The molecule has 0 spiro atoms. The predicted molar refractivity (Wildman–Crippen MR) is 229 cm³/mol. The lowest BCUT2D eigenvalue weighted by atomic mass is 10.0. The van der Waals surface area contributed by atoms with Crippen LogP contribution in [0.1, 0.15) is 0 Å². The van der Waals surface area contributed by atoms with Gasteiger partial charge in [-0.25, -0.2) is 15.0 Å². The maximum atomic E-state index is 6.51. The lowest BCUT2D eigenvalue weighted by Crippen LogP contribution is -2.00. The molecule has 0 N–H and O–H groups in total. The average Bonchev–Trinajstić information content (AvgIpc) is 3.96. The zero-order chi connectivity index (χ0) is 37.5. The van der Waals surface area contributed by atoms with Crippen LogP contribution < -0.4 is 0 Å². The van der Waals surface area contributed by atoms with Crippen LogP contribution in [0.4, 0.5) is 0 Å². The van der Waals surface area contributed by atoms with Gasteiger partial charge in [0.1, 0.15) is 33.5 Å². The van der Waals surface area contributed by atoms with Crippen LogP contribution in [0.25, 0.3) is 122 Å². The fourth-order valence-electron chi connectivity index (χ4n) is 8.10. The highest BCUT2D eigenvalue weighted by Crippen LogP contribution is 2.37. The summed E-state index contributed by atoms with van der Waals surface area (Å²) in [5.74, 6) is 1.66. The topological polar surface area (TPSA) is 78.1 Å². The summed E-state index contributed by atoms with van der Waals surface area (Å²) in [7, 11) is 0. The molecule has 0 amide bonds. The van der Waals surface area contributed by atoms with Gasteiger partial charge in [0.15, 0.2) is 17.5 Å². The van der Waals surface area contributed by atoms with Crippen molar-refractivity contribution in [2.75, 3.05) is 0 Å². The Morgan fingerprint density at radius 2 is 0.614 bits per heavy atom. The highest BCUT2D eigenvalue weighted by atomic mass is 16.3. The molecule has 0 aliphatic heterocycles. The molecule has 6 nitrogen and oxygen atoms in total. The molecule has 0 unspecified atom stereocenters. The van der Waals surface area contributed by atoms with Gasteiger partial charge in [0.25, 0.3) is 0 Å². The second-order valence-corrected chi connectivity index (χ2v) is 14.4. The largest absolute Gasteiger partial charge is 0.456 e. The molecule has 8 aromatic carbocycles. The van der Waals surface area contributed by atoms with Crippen molar-refractivity contribution in [1.82, 2.24) is 15.0 Å². The van der Waals surface area contributed by atoms with Gasteiger partial charge in [-0.3, -0.25) is 0 Å². The first-order chi connectivity index (χ1) is 28.2. The zero-order valence-corrected chi connectivity index (χ0v) is 30.3. The third kappa shape index (κ3) is 5.23. The summed E-state index contributed by atoms with van der Waals surface area (Å²) in [6, 6.07) is 60.0. The van der Waals surface area contributed by atoms with Crippen molar-refractivity contribution in [3.8, 4) is 56.4 Å². The fourth-order valence-corrected chi connectivity index (χ4v) is 8.10. The number of nitrogens with zero attached hydrogens (tertiary/aromatic N) is 3. The summed E-state index contributed by atoms with van der Waals surface area (Å²) >= 11 is 0. The van der Waals surface area contributed by atoms with Gasteiger partial charge in [-0.2, -0.15) is 0 Å². The van der Waals surface area contributed by atoms with Gasteiger partial charge in [0, 0.05) is 49.0 Å². The van der Waals surface area contributed by atoms with Gasteiger partial charge in [-0.15, -0.1) is 0 Å². The molecule has 4 heterocycles. The molecule has 6 heteroatoms. The first kappa shape index (κ1) is 31.5. The van der Waals surface area contributed by atoms with Crippen LogP contribution in [0.15, 0.2) is 189 Å². The molecule has 0 atom stereocenters. The Bertz CT molecular complexity index is 3540. The molecule has 0 saturated heterocycles. The summed E-state index contributed by atoms with van der Waals surface area (Å²) < 4.78 is 18.9. The van der Waals surface area contributed by atoms with Crippen LogP contribution >= 0.6 is 0 Å². The molecular weight excluding hydrogens is 703 g/mol. The zero-order valence-electron chi connectivity index (χ0n) is 30.3. The van der Waals surface area contributed by atoms with Crippen molar-refractivity contribution < 1.29 is 13.3 Å². The molecule has 12 rings (SSSR count). The number of furan rings is 3. The number of benzene rings is 8. The Kier molecular flexibility index (Phi) is 6.83. The summed E-state index contributed by atoms with van der Waals surface area (Å²) in [4.78, 5) is 15.3. The maximum Gasteiger partial charge on any atom is 0.164 e. The second kappa shape index (κ2) is 12.3. The van der Waals surface area contributed by atoms with Crippen LogP contribution in [0.3, 0.4) is 0 Å². The Morgan fingerprint density at radius 3 is 1.26 bits per heavy atom. The third-order valence-corrected chi connectivity index (χ3v) is 10.9. The number of hydrogen-bond donors (Lipinski definition) is 0. The molecule has 0 saturated carbocycles. The fraction of sp³-hybridized carbons (Fsp3) is 0. The van der Waals surface area contributed by atoms with E-state index < -0.39 is 0 Å². The molecule has 0 bridgehead atoms. The van der Waals surface area contributed by atoms with Crippen molar-refractivity contribution in [1.29, 1.82) is 0 Å². The third-order valence-electron chi connectivity index (χ3n) is 10.9. The molecule has 0 fully saturated rings. The molecule has 57 heavy (non-hydrogen) atoms. The first-order valence-corrected chi connectivity index (χ1v) is 18.9. The lowest BCUT2D eigenvalue weighted by Gasteiger charge is -2.10. The predicted octanol–water partition coefficient (Wildman–Crippen LogP) is 13.9. The second-order valence-electron chi connectivity index (χ2n) is 14.4. The van der Waals surface area contributed by atoms with Gasteiger partial charge < -0.3 is 13.3 Å². The van der Waals surface area contributed by atoms with Gasteiger partial charge in [-0.05, 0) is 89.0 Å². The monoisotopic (exact) mass is 731 g/mol. The molecule has 4 aromatic heterocycles. The Labute approximate surface area is 325 Å². The number of hydrogen-bond acceptors (Lipinski definition) is 6. The normalized spacial score (nSPS) is 11.9. The Morgan fingerprint density at radius 1 is 0.228 bits per heavy atom. The van der Waals surface area contributed by atoms with Gasteiger partial charge in [0.05, 0.1) is 0 Å². The average molecular weight is 732 g/mol. The van der Waals surface area contributed by atoms with E-state index in [4.69, 9.17) is 28.2 Å². The maximum absolute atomic E-state index is 6.51. The first-order valence-electron chi connectivity index (χ1n) is 18.9. The van der Waals surface area contributed by atoms with Crippen LogP contribution in [0, 0.1) is 0 Å². The van der Waals surface area contributed by atoms with Crippen molar-refractivity contribution in [2.24, 2.45) is 0 Å². The summed E-state index contributed by atoms with van der Waals surface area (Å²) in [6.45, 7) is 0. The van der Waals surface area contributed by atoms with Crippen molar-refractivity contribution in [3.05, 3.63) is 176 Å². The SMILES string of the molecule is c1ccc(-c2ccc3c(c2)oc2cc(-c4nc(-c5cccc(-c6ccc7oc8ccccc8c7c6)c5)nc(-c5ccc6c(c5)oc5ccccc56)n4)ccc23)cc1. The smallest absolute Gasteiger partial charge is 0.164 e. The van der Waals surface area contributed by atoms with E-state index in [1.165, 1.54) is 0 Å². The molecule has 266 valence electrons. The van der Waals surface area contributed by atoms with E-state index in [2.05, 4.69) is 97.1 Å². The Balaban J connectivity index is 1.00. The lowest BCUT2D eigenvalue weighted by molar-refractivity contribution is 0.668. The highest BCUT2D eigenvalue weighted by molar-refractivity contribution is 6.08. The van der Waals surface area contributed by atoms with Crippen LogP contribution in [-0.4, -0.2) is 15.0 Å². The van der Waals surface area contributed by atoms with E-state index in [1.54, 1.807) is 0 Å². The standard InChI is InChI=1S/C51H29N3O3/c1-2-9-30(10-3-1)33-17-21-40-41-23-19-36(29-48(41)57-46(40)27-33)51-53-49(52-50(54-51)35-18-22-39-37-13-4-6-15-43(37)56-47(39)28-35)34-12-8-11-31(25-34)32-20-24-45-42(26-32)38-14-5-7-16-44(38)55-45/h1-29H. The molecule has 0 aliphatic carbocycles. The van der Waals surface area contributed by atoms with Gasteiger partial charge >= 0.3 is 0 Å². The van der Waals surface area contributed by atoms with Crippen LogP contribution in [0.5, 0.6) is 0 Å². The quantitative estimate of drug-likeness (QED) is 0.175. The number of para-hydroxylation sites is 2. The minimum atomic E-state index is 0.545. The van der Waals surface area contributed by atoms with E-state index in [0.717, 1.165) is 105 Å². The van der Waals surface area contributed by atoms with E-state index in [0.29, 0.717) is 17.5 Å². The van der Waals surface area contributed by atoms with Crippen LogP contribution in [0.2, 0.25) is 0 Å². The molecular formula is C51H29N3O3. The highest BCUT2D eigenvalue weighted by Gasteiger charge is 2.17. The van der Waals surface area contributed by atoms with Crippen molar-refractivity contribution >= 4 is 65.8 Å². The van der Waals surface area contributed by atoms with E-state index in [9.17, 15) is 0 Å². The van der Waals surface area contributed by atoms with Crippen molar-refractivity contribution in [3.63, 3.8) is 0 Å². The number of aromatic nitrogens is 3. The summed E-state index contributed by atoms with van der Waals surface area (Å²) in [6.07, 6.45) is 0. The minimum absolute atomic E-state index is 0.545. The summed E-state index contributed by atoms with van der Waals surface area (Å²) in [5.41, 5.74) is 11.9. The van der Waals surface area contributed by atoms with E-state index in [1.807, 2.05) is 78.9 Å². The minimum Gasteiger partial charge on any atom is -0.456 e. The van der Waals surface area contributed by atoms with E-state index >= 15 is 0 Å². The van der Waals surface area contributed by atoms with E-state index in [-0.39, 0.29) is 0 Å². The summed E-state index contributed by atoms with van der Waals surface area (Å²) in [5, 5.41) is 6.39. The molecule has 0 radical (unpaired) electrons. The van der Waals surface area contributed by atoms with Gasteiger partial charge in [-0.1, -0.05) is 109 Å². The molecule has 0 aliphatic rings. The molecule has 12 aromatic rings. The number of rotatable bonds is 5.